The number of likely N-dealkylation sites (N-methyl/N-ethyl adjacent to an activating group) is 1. The van der Waals surface area contributed by atoms with Crippen LogP contribution in [0.15, 0.2) is 48.5 Å². The van der Waals surface area contributed by atoms with Gasteiger partial charge in [0.15, 0.2) is 0 Å². The van der Waals surface area contributed by atoms with Gasteiger partial charge in [0, 0.05) is 12.7 Å². The smallest absolute Gasteiger partial charge is 0.236 e. The van der Waals surface area contributed by atoms with Crippen LogP contribution in [0.25, 0.3) is 0 Å². The Morgan fingerprint density at radius 3 is 2.52 bits per heavy atom. The number of nitrogens with one attached hydrogen (secondary N) is 1. The summed E-state index contributed by atoms with van der Waals surface area (Å²) in [6.07, 6.45) is 0.304. The molecule has 0 fully saturated rings. The lowest BCUT2D eigenvalue weighted by Gasteiger charge is -2.17. The Labute approximate surface area is 148 Å². The van der Waals surface area contributed by atoms with Crippen LogP contribution in [-0.4, -0.2) is 18.9 Å². The number of amides is 2. The third-order valence-corrected chi connectivity index (χ3v) is 4.98. The monoisotopic (exact) mass is 336 g/mol. The van der Waals surface area contributed by atoms with Crippen molar-refractivity contribution in [2.45, 2.75) is 38.6 Å². The molecular formula is C21H24N2O2. The van der Waals surface area contributed by atoms with Gasteiger partial charge in [-0.05, 0) is 43.5 Å². The van der Waals surface area contributed by atoms with Gasteiger partial charge in [-0.3, -0.25) is 9.59 Å². The maximum Gasteiger partial charge on any atom is 0.236 e. The van der Waals surface area contributed by atoms with Crippen molar-refractivity contribution in [1.29, 1.82) is 0 Å². The molecule has 0 bridgehead atoms. The van der Waals surface area contributed by atoms with E-state index >= 15 is 0 Å². The van der Waals surface area contributed by atoms with Crippen LogP contribution in [0.2, 0.25) is 0 Å². The first-order chi connectivity index (χ1) is 11.8. The van der Waals surface area contributed by atoms with Crippen molar-refractivity contribution in [1.82, 2.24) is 5.32 Å². The number of carbonyl (C=O) groups is 2. The van der Waals surface area contributed by atoms with Gasteiger partial charge < -0.3 is 10.2 Å². The molecule has 0 aliphatic carbocycles. The topological polar surface area (TPSA) is 49.4 Å². The second kappa shape index (κ2) is 6.36. The fraction of sp³-hybridized carbons (Fsp3) is 0.333. The lowest BCUT2D eigenvalue weighted by Crippen LogP contribution is -2.33. The number of rotatable bonds is 4. The summed E-state index contributed by atoms with van der Waals surface area (Å²) in [5, 5.41) is 3.03. The zero-order chi connectivity index (χ0) is 18.2. The highest BCUT2D eigenvalue weighted by Gasteiger charge is 2.42. The molecule has 4 nitrogen and oxygen atoms in total. The van der Waals surface area contributed by atoms with Crippen molar-refractivity contribution in [3.63, 3.8) is 0 Å². The van der Waals surface area contributed by atoms with Crippen LogP contribution >= 0.6 is 0 Å². The van der Waals surface area contributed by atoms with Crippen molar-refractivity contribution >= 4 is 17.5 Å². The van der Waals surface area contributed by atoms with Gasteiger partial charge in [-0.15, -0.1) is 0 Å². The van der Waals surface area contributed by atoms with E-state index in [4.69, 9.17) is 0 Å². The lowest BCUT2D eigenvalue weighted by molar-refractivity contribution is -0.122. The highest BCUT2D eigenvalue weighted by atomic mass is 16.2. The highest BCUT2D eigenvalue weighted by molar-refractivity contribution is 6.07. The number of hydrogen-bond donors (Lipinski definition) is 1. The maximum atomic E-state index is 12.4. The molecule has 1 N–H and O–H groups in total. The molecule has 1 aliphatic rings. The Hall–Kier alpha value is -2.62. The minimum absolute atomic E-state index is 0.0215. The standard InChI is InChI=1S/C21H24N2O2/c1-14(16-8-6-5-7-9-16)22-19(24)13-15-10-11-18-17(12-15)21(2,3)20(25)23(18)4/h5-12,14H,13H2,1-4H3,(H,22,24). The Morgan fingerprint density at radius 1 is 1.16 bits per heavy atom. The van der Waals surface area contributed by atoms with Crippen molar-refractivity contribution in [2.24, 2.45) is 0 Å². The molecule has 0 aromatic heterocycles. The van der Waals surface area contributed by atoms with Crippen molar-refractivity contribution in [2.75, 3.05) is 11.9 Å². The van der Waals surface area contributed by atoms with Gasteiger partial charge in [-0.1, -0.05) is 42.5 Å². The number of nitrogens with zero attached hydrogens (tertiary/aromatic N) is 1. The second-order valence-electron chi connectivity index (χ2n) is 7.22. The normalized spacial score (nSPS) is 16.5. The Kier molecular flexibility index (Phi) is 4.38. The summed E-state index contributed by atoms with van der Waals surface area (Å²) < 4.78 is 0. The first-order valence-electron chi connectivity index (χ1n) is 8.56. The zero-order valence-corrected chi connectivity index (χ0v) is 15.2. The zero-order valence-electron chi connectivity index (χ0n) is 15.2. The summed E-state index contributed by atoms with van der Waals surface area (Å²) in [7, 11) is 1.80. The summed E-state index contributed by atoms with van der Waals surface area (Å²) in [5.41, 5.74) is 3.37. The van der Waals surface area contributed by atoms with E-state index in [1.807, 2.05) is 69.3 Å². The summed E-state index contributed by atoms with van der Waals surface area (Å²) in [5.74, 6) is 0.0635. The van der Waals surface area contributed by atoms with Crippen LogP contribution < -0.4 is 10.2 Å². The number of hydrogen-bond acceptors (Lipinski definition) is 2. The van der Waals surface area contributed by atoms with Gasteiger partial charge in [-0.2, -0.15) is 0 Å². The predicted molar refractivity (Wildman–Crippen MR) is 99.6 cm³/mol. The van der Waals surface area contributed by atoms with Gasteiger partial charge in [-0.25, -0.2) is 0 Å². The molecule has 2 aromatic rings. The molecule has 1 unspecified atom stereocenters. The summed E-state index contributed by atoms with van der Waals surface area (Å²) in [4.78, 5) is 26.5. The second-order valence-corrected chi connectivity index (χ2v) is 7.22. The fourth-order valence-electron chi connectivity index (χ4n) is 3.43. The summed E-state index contributed by atoms with van der Waals surface area (Å²) in [6.45, 7) is 5.84. The van der Waals surface area contributed by atoms with Crippen molar-refractivity contribution in [3.8, 4) is 0 Å². The lowest BCUT2D eigenvalue weighted by atomic mass is 9.85. The Balaban J connectivity index is 1.73. The third kappa shape index (κ3) is 3.16. The summed E-state index contributed by atoms with van der Waals surface area (Å²) >= 11 is 0. The van der Waals surface area contributed by atoms with E-state index in [-0.39, 0.29) is 17.9 Å². The molecule has 0 spiro atoms. The van der Waals surface area contributed by atoms with Crippen LogP contribution in [0.5, 0.6) is 0 Å². The van der Waals surface area contributed by atoms with Gasteiger partial charge >= 0.3 is 0 Å². The molecule has 25 heavy (non-hydrogen) atoms. The van der Waals surface area contributed by atoms with Crippen molar-refractivity contribution < 1.29 is 9.59 Å². The molecule has 2 aromatic carbocycles. The number of fused-ring (bicyclic) bond motifs is 1. The van der Waals surface area contributed by atoms with Gasteiger partial charge in [0.25, 0.3) is 0 Å². The van der Waals surface area contributed by atoms with E-state index in [0.717, 1.165) is 22.4 Å². The molecule has 130 valence electrons. The van der Waals surface area contributed by atoms with E-state index in [1.54, 1.807) is 11.9 Å². The molecule has 1 heterocycles. The van der Waals surface area contributed by atoms with Crippen LogP contribution in [0.1, 0.15) is 43.5 Å². The molecular weight excluding hydrogens is 312 g/mol. The maximum absolute atomic E-state index is 12.4. The van der Waals surface area contributed by atoms with Crippen LogP contribution in [0.4, 0.5) is 5.69 Å². The fourth-order valence-corrected chi connectivity index (χ4v) is 3.43. The quantitative estimate of drug-likeness (QED) is 0.931. The average molecular weight is 336 g/mol. The molecule has 3 rings (SSSR count). The third-order valence-electron chi connectivity index (χ3n) is 4.98. The molecule has 1 atom stereocenters. The number of benzene rings is 2. The first kappa shape index (κ1) is 17.2. The Morgan fingerprint density at radius 2 is 1.84 bits per heavy atom. The largest absolute Gasteiger partial charge is 0.349 e. The number of carbonyl (C=O) groups excluding carboxylic acids is 2. The van der Waals surface area contributed by atoms with Crippen LogP contribution in [0, 0.1) is 0 Å². The van der Waals surface area contributed by atoms with Crippen LogP contribution in [-0.2, 0) is 21.4 Å². The van der Waals surface area contributed by atoms with E-state index in [1.165, 1.54) is 0 Å². The summed E-state index contributed by atoms with van der Waals surface area (Å²) in [6, 6.07) is 15.7. The highest BCUT2D eigenvalue weighted by Crippen LogP contribution is 2.41. The molecule has 1 aliphatic heterocycles. The van der Waals surface area contributed by atoms with Gasteiger partial charge in [0.1, 0.15) is 0 Å². The SMILES string of the molecule is CC(NC(=O)Cc1ccc2c(c1)C(C)(C)C(=O)N2C)c1ccccc1. The predicted octanol–water partition coefficient (Wildman–Crippen LogP) is 3.36. The van der Waals surface area contributed by atoms with E-state index in [0.29, 0.717) is 6.42 Å². The van der Waals surface area contributed by atoms with Gasteiger partial charge in [0.2, 0.25) is 11.8 Å². The minimum Gasteiger partial charge on any atom is -0.349 e. The van der Waals surface area contributed by atoms with E-state index in [2.05, 4.69) is 5.32 Å². The van der Waals surface area contributed by atoms with Gasteiger partial charge in [0.05, 0.1) is 17.9 Å². The average Bonchev–Trinajstić information content (AvgIpc) is 2.76. The van der Waals surface area contributed by atoms with Crippen LogP contribution in [0.3, 0.4) is 0 Å². The Bertz CT molecular complexity index is 812. The van der Waals surface area contributed by atoms with Crippen molar-refractivity contribution in [3.05, 3.63) is 65.2 Å². The molecule has 4 heteroatoms. The molecule has 0 saturated carbocycles. The molecule has 0 saturated heterocycles. The minimum atomic E-state index is -0.548. The molecule has 2 amide bonds. The number of anilines is 1. The molecule has 0 radical (unpaired) electrons. The first-order valence-corrected chi connectivity index (χ1v) is 8.56. The van der Waals surface area contributed by atoms with E-state index < -0.39 is 5.41 Å². The van der Waals surface area contributed by atoms with E-state index in [9.17, 15) is 9.59 Å².